The van der Waals surface area contributed by atoms with Crippen LogP contribution in [-0.4, -0.2) is 19.8 Å². The van der Waals surface area contributed by atoms with E-state index in [1.165, 1.54) is 0 Å². The Balaban J connectivity index is 2.20. The zero-order chi connectivity index (χ0) is 11.8. The third kappa shape index (κ3) is 1.76. The third-order valence-corrected chi connectivity index (χ3v) is 2.84. The van der Waals surface area contributed by atoms with Gasteiger partial charge in [0, 0.05) is 10.6 Å². The summed E-state index contributed by atoms with van der Waals surface area (Å²) in [7, 11) is 0. The first-order chi connectivity index (χ1) is 8.24. The summed E-state index contributed by atoms with van der Waals surface area (Å²) in [4.78, 5) is 0. The maximum absolute atomic E-state index is 5.86. The van der Waals surface area contributed by atoms with Crippen LogP contribution in [0.25, 0.3) is 16.9 Å². The van der Waals surface area contributed by atoms with Crippen LogP contribution in [0.3, 0.4) is 0 Å². The molecule has 0 radical (unpaired) electrons. The van der Waals surface area contributed by atoms with Gasteiger partial charge in [-0.1, -0.05) is 23.7 Å². The van der Waals surface area contributed by atoms with Crippen molar-refractivity contribution in [3.05, 3.63) is 47.2 Å². The van der Waals surface area contributed by atoms with Crippen LogP contribution in [0.1, 0.15) is 5.56 Å². The molecule has 1 aromatic carbocycles. The lowest BCUT2D eigenvalue weighted by atomic mass is 10.1. The molecule has 0 spiro atoms. The summed E-state index contributed by atoms with van der Waals surface area (Å²) in [5, 5.41) is 13.0. The van der Waals surface area contributed by atoms with E-state index in [1.54, 1.807) is 10.8 Å². The number of hydrogen-bond acceptors (Lipinski definition) is 3. The van der Waals surface area contributed by atoms with Crippen LogP contribution in [0.2, 0.25) is 5.02 Å². The molecule has 3 aromatic rings. The summed E-state index contributed by atoms with van der Waals surface area (Å²) in [6.45, 7) is 1.99. The lowest BCUT2D eigenvalue weighted by Gasteiger charge is -2.03. The lowest BCUT2D eigenvalue weighted by Crippen LogP contribution is -1.96. The first kappa shape index (κ1) is 10.2. The van der Waals surface area contributed by atoms with Crippen LogP contribution >= 0.6 is 11.6 Å². The van der Waals surface area contributed by atoms with Gasteiger partial charge in [0.15, 0.2) is 5.65 Å². The van der Waals surface area contributed by atoms with Crippen LogP contribution in [0.5, 0.6) is 0 Å². The molecule has 0 saturated heterocycles. The summed E-state index contributed by atoms with van der Waals surface area (Å²) >= 11 is 5.86. The van der Waals surface area contributed by atoms with E-state index < -0.39 is 0 Å². The van der Waals surface area contributed by atoms with E-state index in [9.17, 15) is 0 Å². The largest absolute Gasteiger partial charge is 0.200 e. The van der Waals surface area contributed by atoms with Crippen molar-refractivity contribution in [1.82, 2.24) is 19.8 Å². The number of aryl methyl sites for hydroxylation is 1. The van der Waals surface area contributed by atoms with Gasteiger partial charge >= 0.3 is 0 Å². The second kappa shape index (κ2) is 3.82. The maximum atomic E-state index is 5.86. The minimum Gasteiger partial charge on any atom is -0.200 e. The van der Waals surface area contributed by atoms with Crippen molar-refractivity contribution in [3.63, 3.8) is 0 Å². The first-order valence-corrected chi connectivity index (χ1v) is 5.55. The molecule has 5 heteroatoms. The molecule has 0 fully saturated rings. The van der Waals surface area contributed by atoms with Crippen molar-refractivity contribution >= 4 is 17.2 Å². The van der Waals surface area contributed by atoms with Gasteiger partial charge < -0.3 is 0 Å². The second-order valence-electron chi connectivity index (χ2n) is 3.82. The minimum atomic E-state index is 0.718. The molecule has 0 aliphatic carbocycles. The minimum absolute atomic E-state index is 0.718. The number of benzene rings is 1. The molecule has 0 aliphatic rings. The van der Waals surface area contributed by atoms with Gasteiger partial charge in [0.05, 0.1) is 5.69 Å². The Kier molecular flexibility index (Phi) is 2.30. The topological polar surface area (TPSA) is 43.1 Å². The Bertz CT molecular complexity index is 673. The molecule has 0 aliphatic heterocycles. The average molecular weight is 245 g/mol. The van der Waals surface area contributed by atoms with E-state index in [0.717, 1.165) is 27.5 Å². The molecule has 84 valence electrons. The fourth-order valence-electron chi connectivity index (χ4n) is 1.74. The van der Waals surface area contributed by atoms with Crippen LogP contribution in [0, 0.1) is 6.92 Å². The maximum Gasteiger partial charge on any atom is 0.180 e. The Morgan fingerprint density at radius 3 is 2.71 bits per heavy atom. The number of halogens is 1. The molecule has 4 nitrogen and oxygen atoms in total. The molecule has 0 saturated carbocycles. The van der Waals surface area contributed by atoms with Gasteiger partial charge in [-0.3, -0.25) is 0 Å². The average Bonchev–Trinajstić information content (AvgIpc) is 2.78. The van der Waals surface area contributed by atoms with Gasteiger partial charge in [-0.25, -0.2) is 0 Å². The molecular formula is C12H9ClN4. The third-order valence-electron chi connectivity index (χ3n) is 2.59. The molecule has 0 N–H and O–H groups in total. The Morgan fingerprint density at radius 2 is 1.94 bits per heavy atom. The quantitative estimate of drug-likeness (QED) is 0.661. The zero-order valence-corrected chi connectivity index (χ0v) is 9.89. The highest BCUT2D eigenvalue weighted by Crippen LogP contribution is 2.21. The zero-order valence-electron chi connectivity index (χ0n) is 9.13. The summed E-state index contributed by atoms with van der Waals surface area (Å²) in [5.74, 6) is 0. The van der Waals surface area contributed by atoms with E-state index in [4.69, 9.17) is 11.6 Å². The monoisotopic (exact) mass is 244 g/mol. The Morgan fingerprint density at radius 1 is 1.18 bits per heavy atom. The van der Waals surface area contributed by atoms with Crippen LogP contribution in [0.4, 0.5) is 0 Å². The van der Waals surface area contributed by atoms with E-state index in [0.29, 0.717) is 0 Å². The fraction of sp³-hybridized carbons (Fsp3) is 0.0833. The Hall–Kier alpha value is -1.94. The Labute approximate surface area is 103 Å². The van der Waals surface area contributed by atoms with Crippen LogP contribution in [0.15, 0.2) is 36.7 Å². The summed E-state index contributed by atoms with van der Waals surface area (Å²) in [6.07, 6.45) is 1.60. The smallest absolute Gasteiger partial charge is 0.180 e. The van der Waals surface area contributed by atoms with Crippen molar-refractivity contribution in [2.75, 3.05) is 0 Å². The summed E-state index contributed by atoms with van der Waals surface area (Å²) in [6, 6.07) is 9.59. The number of aromatic nitrogens is 4. The molecule has 0 atom stereocenters. The molecule has 17 heavy (non-hydrogen) atoms. The molecule has 0 amide bonds. The number of nitrogens with zero attached hydrogens (tertiary/aromatic N) is 4. The number of fused-ring (bicyclic) bond motifs is 1. The normalized spacial score (nSPS) is 10.9. The van der Waals surface area contributed by atoms with Crippen LogP contribution < -0.4 is 0 Å². The molecule has 0 unspecified atom stereocenters. The van der Waals surface area contributed by atoms with Crippen LogP contribution in [-0.2, 0) is 0 Å². The van der Waals surface area contributed by atoms with E-state index in [1.807, 2.05) is 37.3 Å². The fourth-order valence-corrected chi connectivity index (χ4v) is 1.86. The predicted octanol–water partition coefficient (Wildman–Crippen LogP) is 2.75. The SMILES string of the molecule is Cc1cc(-c2ccc(Cl)cc2)nn2cnnc12. The molecule has 0 bridgehead atoms. The van der Waals surface area contributed by atoms with Gasteiger partial charge in [0.2, 0.25) is 0 Å². The molecular weight excluding hydrogens is 236 g/mol. The van der Waals surface area contributed by atoms with E-state index in [2.05, 4.69) is 15.3 Å². The van der Waals surface area contributed by atoms with Crippen molar-refractivity contribution in [1.29, 1.82) is 0 Å². The highest BCUT2D eigenvalue weighted by atomic mass is 35.5. The van der Waals surface area contributed by atoms with Crippen molar-refractivity contribution in [2.24, 2.45) is 0 Å². The first-order valence-electron chi connectivity index (χ1n) is 5.17. The summed E-state index contributed by atoms with van der Waals surface area (Å²) in [5.41, 5.74) is 3.73. The van der Waals surface area contributed by atoms with Crippen molar-refractivity contribution < 1.29 is 0 Å². The van der Waals surface area contributed by atoms with Gasteiger partial charge in [0.1, 0.15) is 6.33 Å². The van der Waals surface area contributed by atoms with E-state index >= 15 is 0 Å². The highest BCUT2D eigenvalue weighted by molar-refractivity contribution is 6.30. The van der Waals surface area contributed by atoms with E-state index in [-0.39, 0.29) is 0 Å². The van der Waals surface area contributed by atoms with Gasteiger partial charge in [-0.15, -0.1) is 10.2 Å². The van der Waals surface area contributed by atoms with Gasteiger partial charge in [-0.2, -0.15) is 9.61 Å². The van der Waals surface area contributed by atoms with Crippen molar-refractivity contribution in [2.45, 2.75) is 6.92 Å². The molecule has 3 rings (SSSR count). The van der Waals surface area contributed by atoms with Crippen molar-refractivity contribution in [3.8, 4) is 11.3 Å². The molecule has 2 heterocycles. The number of rotatable bonds is 1. The standard InChI is InChI=1S/C12H9ClN4/c1-8-6-11(9-2-4-10(13)5-3-9)16-17-7-14-15-12(8)17/h2-7H,1H3. The second-order valence-corrected chi connectivity index (χ2v) is 4.26. The lowest BCUT2D eigenvalue weighted by molar-refractivity contribution is 0.926. The van der Waals surface area contributed by atoms with Gasteiger partial charge in [-0.05, 0) is 30.7 Å². The van der Waals surface area contributed by atoms with Gasteiger partial charge in [0.25, 0.3) is 0 Å². The molecule has 2 aromatic heterocycles. The highest BCUT2D eigenvalue weighted by Gasteiger charge is 2.06. The number of hydrogen-bond donors (Lipinski definition) is 0. The summed E-state index contributed by atoms with van der Waals surface area (Å²) < 4.78 is 1.68. The predicted molar refractivity (Wildman–Crippen MR) is 66.0 cm³/mol.